The number of benzene rings is 1. The van der Waals surface area contributed by atoms with Crippen molar-refractivity contribution < 1.29 is 13.9 Å². The number of carbonyl (C=O) groups is 1. The van der Waals surface area contributed by atoms with Crippen molar-refractivity contribution in [1.29, 1.82) is 0 Å². The fourth-order valence-electron chi connectivity index (χ4n) is 3.49. The van der Waals surface area contributed by atoms with Gasteiger partial charge in [-0.3, -0.25) is 4.79 Å². The standard InChI is InChI=1S/C17H23FN2O2/c1-13-11-20(16(21)14-5-3-4-6-15(14)18)12-17(22-13)7-9-19(2)10-8-17/h3-6,13H,7-12H2,1-2H3. The summed E-state index contributed by atoms with van der Waals surface area (Å²) in [6, 6.07) is 6.19. The molecule has 1 unspecified atom stereocenters. The fourth-order valence-corrected chi connectivity index (χ4v) is 3.49. The number of hydrogen-bond acceptors (Lipinski definition) is 3. The molecule has 2 fully saturated rings. The van der Waals surface area contributed by atoms with E-state index in [1.807, 2.05) is 6.92 Å². The van der Waals surface area contributed by atoms with Gasteiger partial charge in [0.25, 0.3) is 5.91 Å². The van der Waals surface area contributed by atoms with Crippen LogP contribution >= 0.6 is 0 Å². The summed E-state index contributed by atoms with van der Waals surface area (Å²) in [5, 5.41) is 0. The summed E-state index contributed by atoms with van der Waals surface area (Å²) in [4.78, 5) is 16.7. The first-order valence-electron chi connectivity index (χ1n) is 7.89. The van der Waals surface area contributed by atoms with Crippen LogP contribution in [0, 0.1) is 5.82 Å². The van der Waals surface area contributed by atoms with E-state index >= 15 is 0 Å². The first-order valence-corrected chi connectivity index (χ1v) is 7.89. The van der Waals surface area contributed by atoms with Gasteiger partial charge in [-0.15, -0.1) is 0 Å². The summed E-state index contributed by atoms with van der Waals surface area (Å²) in [5.74, 6) is -0.685. The average Bonchev–Trinajstić information content (AvgIpc) is 2.50. The predicted octanol–water partition coefficient (Wildman–Crippen LogP) is 2.15. The zero-order valence-corrected chi connectivity index (χ0v) is 13.2. The number of carbonyl (C=O) groups excluding carboxylic acids is 1. The molecule has 2 aliphatic heterocycles. The summed E-state index contributed by atoms with van der Waals surface area (Å²) in [6.07, 6.45) is 1.80. The molecule has 0 saturated carbocycles. The van der Waals surface area contributed by atoms with Gasteiger partial charge >= 0.3 is 0 Å². The van der Waals surface area contributed by atoms with Crippen LogP contribution in [0.4, 0.5) is 4.39 Å². The van der Waals surface area contributed by atoms with Crippen molar-refractivity contribution in [2.24, 2.45) is 0 Å². The van der Waals surface area contributed by atoms with Gasteiger partial charge in [0.1, 0.15) is 5.82 Å². The number of rotatable bonds is 1. The summed E-state index contributed by atoms with van der Waals surface area (Å²) < 4.78 is 20.1. The van der Waals surface area contributed by atoms with Crippen LogP contribution in [0.3, 0.4) is 0 Å². The first-order chi connectivity index (χ1) is 10.5. The lowest BCUT2D eigenvalue weighted by Gasteiger charge is -2.49. The van der Waals surface area contributed by atoms with Crippen LogP contribution in [0.1, 0.15) is 30.1 Å². The number of amides is 1. The highest BCUT2D eigenvalue weighted by Crippen LogP contribution is 2.32. The van der Waals surface area contributed by atoms with Crippen molar-refractivity contribution in [2.75, 3.05) is 33.2 Å². The minimum Gasteiger partial charge on any atom is -0.368 e. The quantitative estimate of drug-likeness (QED) is 0.797. The Labute approximate surface area is 130 Å². The van der Waals surface area contributed by atoms with Crippen LogP contribution in [0.25, 0.3) is 0 Å². The van der Waals surface area contributed by atoms with Crippen molar-refractivity contribution in [1.82, 2.24) is 9.80 Å². The van der Waals surface area contributed by atoms with Crippen molar-refractivity contribution in [3.05, 3.63) is 35.6 Å². The smallest absolute Gasteiger partial charge is 0.257 e. The van der Waals surface area contributed by atoms with Gasteiger partial charge in [-0.1, -0.05) is 12.1 Å². The summed E-state index contributed by atoms with van der Waals surface area (Å²) >= 11 is 0. The molecule has 4 nitrogen and oxygen atoms in total. The number of nitrogens with zero attached hydrogens (tertiary/aromatic N) is 2. The summed E-state index contributed by atoms with van der Waals surface area (Å²) in [6.45, 7) is 4.99. The lowest BCUT2D eigenvalue weighted by molar-refractivity contribution is -0.160. The molecule has 2 aliphatic rings. The van der Waals surface area contributed by atoms with E-state index in [0.29, 0.717) is 13.1 Å². The van der Waals surface area contributed by atoms with E-state index in [-0.39, 0.29) is 23.2 Å². The maximum Gasteiger partial charge on any atom is 0.257 e. The molecule has 1 aromatic carbocycles. The third kappa shape index (κ3) is 3.01. The van der Waals surface area contributed by atoms with Gasteiger partial charge in [0.2, 0.25) is 0 Å². The van der Waals surface area contributed by atoms with Crippen LogP contribution < -0.4 is 0 Å². The maximum absolute atomic E-state index is 13.9. The van der Waals surface area contributed by atoms with Crippen molar-refractivity contribution in [2.45, 2.75) is 31.5 Å². The third-order valence-corrected chi connectivity index (χ3v) is 4.70. The Morgan fingerprint density at radius 1 is 1.32 bits per heavy atom. The molecule has 0 bridgehead atoms. The molecule has 0 aliphatic carbocycles. The molecule has 0 radical (unpaired) electrons. The summed E-state index contributed by atoms with van der Waals surface area (Å²) in [7, 11) is 2.10. The van der Waals surface area contributed by atoms with E-state index in [0.717, 1.165) is 25.9 Å². The van der Waals surface area contributed by atoms with Gasteiger partial charge in [0, 0.05) is 19.6 Å². The van der Waals surface area contributed by atoms with E-state index in [1.165, 1.54) is 6.07 Å². The van der Waals surface area contributed by atoms with E-state index in [9.17, 15) is 9.18 Å². The molecule has 1 aromatic rings. The zero-order valence-electron chi connectivity index (χ0n) is 13.2. The Balaban J connectivity index is 1.79. The number of likely N-dealkylation sites (tertiary alicyclic amines) is 1. The largest absolute Gasteiger partial charge is 0.368 e. The molecule has 0 N–H and O–H groups in total. The molecule has 0 aromatic heterocycles. The van der Waals surface area contributed by atoms with Gasteiger partial charge in [0.15, 0.2) is 0 Å². The second-order valence-electron chi connectivity index (χ2n) is 6.58. The molecule has 3 rings (SSSR count). The topological polar surface area (TPSA) is 32.8 Å². The zero-order chi connectivity index (χ0) is 15.7. The Hall–Kier alpha value is -1.46. The lowest BCUT2D eigenvalue weighted by Crippen LogP contribution is -2.60. The number of halogens is 1. The van der Waals surface area contributed by atoms with E-state index in [4.69, 9.17) is 4.74 Å². The molecule has 1 spiro atoms. The Kier molecular flexibility index (Phi) is 4.19. The normalized spacial score (nSPS) is 25.4. The SMILES string of the molecule is CC1CN(C(=O)c2ccccc2F)CC2(CCN(C)CC2)O1. The van der Waals surface area contributed by atoms with Crippen molar-refractivity contribution in [3.8, 4) is 0 Å². The Bertz CT molecular complexity index is 555. The average molecular weight is 306 g/mol. The van der Waals surface area contributed by atoms with Crippen LogP contribution in [0.5, 0.6) is 0 Å². The van der Waals surface area contributed by atoms with Crippen LogP contribution in [0.2, 0.25) is 0 Å². The molecule has 120 valence electrons. The number of hydrogen-bond donors (Lipinski definition) is 0. The number of piperidine rings is 1. The van der Waals surface area contributed by atoms with Crippen LogP contribution in [0.15, 0.2) is 24.3 Å². The number of morpholine rings is 1. The van der Waals surface area contributed by atoms with E-state index in [1.54, 1.807) is 23.1 Å². The van der Waals surface area contributed by atoms with Gasteiger partial charge < -0.3 is 14.5 Å². The molecule has 1 atom stereocenters. The highest BCUT2D eigenvalue weighted by molar-refractivity contribution is 5.94. The van der Waals surface area contributed by atoms with Crippen LogP contribution in [-0.2, 0) is 4.74 Å². The molecule has 2 saturated heterocycles. The molecule has 2 heterocycles. The van der Waals surface area contributed by atoms with Gasteiger partial charge in [-0.2, -0.15) is 0 Å². The minimum absolute atomic E-state index is 0.0205. The third-order valence-electron chi connectivity index (χ3n) is 4.70. The monoisotopic (exact) mass is 306 g/mol. The van der Waals surface area contributed by atoms with Gasteiger partial charge in [-0.25, -0.2) is 4.39 Å². The van der Waals surface area contributed by atoms with Gasteiger partial charge in [-0.05, 0) is 38.9 Å². The first kappa shape index (κ1) is 15.4. The minimum atomic E-state index is -0.455. The number of ether oxygens (including phenoxy) is 1. The predicted molar refractivity (Wildman–Crippen MR) is 82.3 cm³/mol. The molecule has 1 amide bonds. The molecule has 22 heavy (non-hydrogen) atoms. The second kappa shape index (κ2) is 5.97. The van der Waals surface area contributed by atoms with Crippen LogP contribution in [-0.4, -0.2) is 60.6 Å². The Morgan fingerprint density at radius 3 is 2.68 bits per heavy atom. The highest BCUT2D eigenvalue weighted by atomic mass is 19.1. The summed E-state index contributed by atoms with van der Waals surface area (Å²) in [5.41, 5.74) is -0.120. The van der Waals surface area contributed by atoms with E-state index < -0.39 is 5.82 Å². The van der Waals surface area contributed by atoms with Crippen molar-refractivity contribution >= 4 is 5.91 Å². The second-order valence-corrected chi connectivity index (χ2v) is 6.58. The highest BCUT2D eigenvalue weighted by Gasteiger charge is 2.43. The van der Waals surface area contributed by atoms with Crippen molar-refractivity contribution in [3.63, 3.8) is 0 Å². The fraction of sp³-hybridized carbons (Fsp3) is 0.588. The van der Waals surface area contributed by atoms with E-state index in [2.05, 4.69) is 11.9 Å². The molecule has 5 heteroatoms. The molecular weight excluding hydrogens is 283 g/mol. The maximum atomic E-state index is 13.9. The molecular formula is C17H23FN2O2. The lowest BCUT2D eigenvalue weighted by atomic mass is 9.88. The Morgan fingerprint density at radius 2 is 2.00 bits per heavy atom. The van der Waals surface area contributed by atoms with Gasteiger partial charge in [0.05, 0.1) is 23.8 Å².